The van der Waals surface area contributed by atoms with Crippen molar-refractivity contribution in [1.82, 2.24) is 25.2 Å². The zero-order valence-corrected chi connectivity index (χ0v) is 13.1. The van der Waals surface area contributed by atoms with Gasteiger partial charge in [-0.3, -0.25) is 4.79 Å². The van der Waals surface area contributed by atoms with Gasteiger partial charge in [0.05, 0.1) is 12.2 Å². The van der Waals surface area contributed by atoms with Gasteiger partial charge in [0.1, 0.15) is 0 Å². The van der Waals surface area contributed by atoms with E-state index >= 15 is 0 Å². The van der Waals surface area contributed by atoms with E-state index in [4.69, 9.17) is 0 Å². The fraction of sp³-hybridized carbons (Fsp3) is 0.812. The van der Waals surface area contributed by atoms with Crippen LogP contribution in [0.25, 0.3) is 0 Å². The van der Waals surface area contributed by atoms with Gasteiger partial charge in [-0.05, 0) is 38.5 Å². The molecule has 3 aliphatic rings. The summed E-state index contributed by atoms with van der Waals surface area (Å²) in [7, 11) is 0. The van der Waals surface area contributed by atoms with Crippen LogP contribution in [0.15, 0.2) is 6.20 Å². The summed E-state index contributed by atoms with van der Waals surface area (Å²) in [6.45, 7) is 2.30. The smallest absolute Gasteiger partial charge is 0.273 e. The molecule has 6 nitrogen and oxygen atoms in total. The lowest BCUT2D eigenvalue weighted by atomic mass is 10.0. The van der Waals surface area contributed by atoms with Crippen molar-refractivity contribution in [3.05, 3.63) is 11.9 Å². The predicted molar refractivity (Wildman–Crippen MR) is 82.6 cm³/mol. The highest BCUT2D eigenvalue weighted by atomic mass is 16.2. The summed E-state index contributed by atoms with van der Waals surface area (Å²) in [5.74, 6) is -0.0721. The molecule has 1 amide bonds. The van der Waals surface area contributed by atoms with E-state index < -0.39 is 0 Å². The lowest BCUT2D eigenvalue weighted by Gasteiger charge is -2.35. The fourth-order valence-electron chi connectivity index (χ4n) is 3.83. The van der Waals surface area contributed by atoms with Crippen LogP contribution in [0.2, 0.25) is 0 Å². The molecule has 0 unspecified atom stereocenters. The Morgan fingerprint density at radius 1 is 1.05 bits per heavy atom. The molecule has 1 N–H and O–H groups in total. The zero-order valence-electron chi connectivity index (χ0n) is 13.1. The molecule has 0 bridgehead atoms. The summed E-state index contributed by atoms with van der Waals surface area (Å²) in [6.07, 6.45) is 11.8. The van der Waals surface area contributed by atoms with Crippen LogP contribution in [0, 0.1) is 0 Å². The SMILES string of the molecule is O=C(NC1CC1)c1cn(C2CCN(C3CCCC3)CC2)nn1. The average molecular weight is 303 g/mol. The molecule has 0 radical (unpaired) electrons. The van der Waals surface area contributed by atoms with Crippen LogP contribution in [-0.4, -0.2) is 51.0 Å². The highest BCUT2D eigenvalue weighted by molar-refractivity contribution is 5.92. The Balaban J connectivity index is 1.33. The molecule has 4 rings (SSSR count). The van der Waals surface area contributed by atoms with E-state index in [1.165, 1.54) is 25.7 Å². The van der Waals surface area contributed by atoms with E-state index in [0.717, 1.165) is 44.8 Å². The summed E-state index contributed by atoms with van der Waals surface area (Å²) in [4.78, 5) is 14.6. The van der Waals surface area contributed by atoms with Crippen LogP contribution in [0.1, 0.15) is 67.9 Å². The van der Waals surface area contributed by atoms with Crippen molar-refractivity contribution < 1.29 is 4.79 Å². The summed E-state index contributed by atoms with van der Waals surface area (Å²) >= 11 is 0. The van der Waals surface area contributed by atoms with E-state index in [-0.39, 0.29) is 5.91 Å². The Kier molecular flexibility index (Phi) is 3.86. The Morgan fingerprint density at radius 2 is 1.77 bits per heavy atom. The minimum absolute atomic E-state index is 0.0721. The number of carbonyl (C=O) groups excluding carboxylic acids is 1. The van der Waals surface area contributed by atoms with Gasteiger partial charge in [-0.2, -0.15) is 0 Å². The first-order valence-corrected chi connectivity index (χ1v) is 8.76. The van der Waals surface area contributed by atoms with Gasteiger partial charge in [-0.1, -0.05) is 18.1 Å². The van der Waals surface area contributed by atoms with Crippen LogP contribution >= 0.6 is 0 Å². The molecule has 0 atom stereocenters. The van der Waals surface area contributed by atoms with Gasteiger partial charge in [0, 0.05) is 25.2 Å². The number of nitrogens with zero attached hydrogens (tertiary/aromatic N) is 4. The maximum absolute atomic E-state index is 12.0. The maximum atomic E-state index is 12.0. The summed E-state index contributed by atoms with van der Waals surface area (Å²) in [5.41, 5.74) is 0.463. The van der Waals surface area contributed by atoms with Crippen LogP contribution in [0.4, 0.5) is 0 Å². The lowest BCUT2D eigenvalue weighted by molar-refractivity contribution is 0.0946. The number of hydrogen-bond donors (Lipinski definition) is 1. The van der Waals surface area contributed by atoms with Crippen LogP contribution in [0.5, 0.6) is 0 Å². The quantitative estimate of drug-likeness (QED) is 0.920. The number of amides is 1. The second-order valence-electron chi connectivity index (χ2n) is 7.04. The number of hydrogen-bond acceptors (Lipinski definition) is 4. The molecule has 3 fully saturated rings. The number of rotatable bonds is 4. The van der Waals surface area contributed by atoms with Gasteiger partial charge >= 0.3 is 0 Å². The Morgan fingerprint density at radius 3 is 2.45 bits per heavy atom. The number of aromatic nitrogens is 3. The Hall–Kier alpha value is -1.43. The minimum Gasteiger partial charge on any atom is -0.348 e. The molecule has 1 aromatic rings. The second kappa shape index (κ2) is 5.99. The topological polar surface area (TPSA) is 63.1 Å². The minimum atomic E-state index is -0.0721. The first kappa shape index (κ1) is 14.2. The summed E-state index contributed by atoms with van der Waals surface area (Å²) in [5, 5.41) is 11.2. The second-order valence-corrected chi connectivity index (χ2v) is 7.04. The molecular formula is C16H25N5O. The van der Waals surface area contributed by atoms with Crippen molar-refractivity contribution in [3.8, 4) is 0 Å². The first-order valence-electron chi connectivity index (χ1n) is 8.76. The van der Waals surface area contributed by atoms with Crippen LogP contribution in [0.3, 0.4) is 0 Å². The standard InChI is InChI=1S/C16H25N5O/c22-16(17-12-5-6-12)15-11-21(19-18-15)14-7-9-20(10-8-14)13-3-1-2-4-13/h11-14H,1-10H2,(H,17,22). The molecule has 6 heteroatoms. The predicted octanol–water partition coefficient (Wildman–Crippen LogP) is 1.75. The van der Waals surface area contributed by atoms with E-state index in [1.54, 1.807) is 0 Å². The third-order valence-corrected chi connectivity index (χ3v) is 5.37. The van der Waals surface area contributed by atoms with Crippen molar-refractivity contribution in [2.75, 3.05) is 13.1 Å². The molecule has 22 heavy (non-hydrogen) atoms. The number of nitrogens with one attached hydrogen (secondary N) is 1. The summed E-state index contributed by atoms with van der Waals surface area (Å²) in [6, 6.07) is 1.58. The first-order chi connectivity index (χ1) is 10.8. The third kappa shape index (κ3) is 3.02. The van der Waals surface area contributed by atoms with Crippen molar-refractivity contribution in [1.29, 1.82) is 0 Å². The normalized spacial score (nSPS) is 24.7. The molecule has 0 aromatic carbocycles. The average Bonchev–Trinajstić information content (AvgIpc) is 3.06. The van der Waals surface area contributed by atoms with Gasteiger partial charge in [0.25, 0.3) is 5.91 Å². The van der Waals surface area contributed by atoms with E-state index in [0.29, 0.717) is 17.8 Å². The summed E-state index contributed by atoms with van der Waals surface area (Å²) < 4.78 is 1.91. The largest absolute Gasteiger partial charge is 0.348 e. The van der Waals surface area contributed by atoms with Crippen molar-refractivity contribution in [3.63, 3.8) is 0 Å². The van der Waals surface area contributed by atoms with Gasteiger partial charge in [0.15, 0.2) is 5.69 Å². The van der Waals surface area contributed by atoms with Gasteiger partial charge in [-0.15, -0.1) is 5.10 Å². The third-order valence-electron chi connectivity index (χ3n) is 5.37. The molecule has 0 spiro atoms. The Labute approximate surface area is 131 Å². The molecule has 2 aliphatic carbocycles. The van der Waals surface area contributed by atoms with Crippen molar-refractivity contribution in [2.24, 2.45) is 0 Å². The van der Waals surface area contributed by atoms with Gasteiger partial charge in [-0.25, -0.2) is 4.68 Å². The van der Waals surface area contributed by atoms with Crippen LogP contribution in [-0.2, 0) is 0 Å². The van der Waals surface area contributed by atoms with Gasteiger partial charge < -0.3 is 10.2 Å². The number of piperidine rings is 1. The molecule has 120 valence electrons. The van der Waals surface area contributed by atoms with E-state index in [1.807, 2.05) is 10.9 Å². The Bertz CT molecular complexity index is 524. The van der Waals surface area contributed by atoms with Crippen LogP contribution < -0.4 is 5.32 Å². The molecule has 2 saturated carbocycles. The van der Waals surface area contributed by atoms with E-state index in [9.17, 15) is 4.79 Å². The lowest BCUT2D eigenvalue weighted by Crippen LogP contribution is -2.40. The molecule has 1 aromatic heterocycles. The van der Waals surface area contributed by atoms with Gasteiger partial charge in [0.2, 0.25) is 0 Å². The number of carbonyl (C=O) groups is 1. The van der Waals surface area contributed by atoms with Crippen molar-refractivity contribution >= 4 is 5.91 Å². The fourth-order valence-corrected chi connectivity index (χ4v) is 3.83. The molecule has 1 saturated heterocycles. The molecule has 1 aliphatic heterocycles. The number of likely N-dealkylation sites (tertiary alicyclic amines) is 1. The highest BCUT2D eigenvalue weighted by Crippen LogP contribution is 2.29. The monoisotopic (exact) mass is 303 g/mol. The highest BCUT2D eigenvalue weighted by Gasteiger charge is 2.29. The van der Waals surface area contributed by atoms with Crippen molar-refractivity contribution in [2.45, 2.75) is 69.5 Å². The molecular weight excluding hydrogens is 278 g/mol. The zero-order chi connectivity index (χ0) is 14.9. The molecule has 2 heterocycles. The maximum Gasteiger partial charge on any atom is 0.273 e. The van der Waals surface area contributed by atoms with E-state index in [2.05, 4.69) is 20.5 Å².